The summed E-state index contributed by atoms with van der Waals surface area (Å²) in [5.41, 5.74) is 2.42. The van der Waals surface area contributed by atoms with E-state index in [1.54, 1.807) is 13.1 Å². The molecule has 7 heteroatoms. The third-order valence-corrected chi connectivity index (χ3v) is 5.20. The molecule has 2 amide bonds. The van der Waals surface area contributed by atoms with E-state index in [0.29, 0.717) is 43.8 Å². The minimum Gasteiger partial charge on any atom is -0.466 e. The molecular formula is C20H21N3O4. The van der Waals surface area contributed by atoms with Gasteiger partial charge in [-0.15, -0.1) is 0 Å². The Morgan fingerprint density at radius 2 is 1.93 bits per heavy atom. The number of carbonyl (C=O) groups is 3. The van der Waals surface area contributed by atoms with E-state index < -0.39 is 0 Å². The lowest BCUT2D eigenvalue weighted by Crippen LogP contribution is -2.39. The van der Waals surface area contributed by atoms with Crippen molar-refractivity contribution >= 4 is 34.3 Å². The molecule has 2 aliphatic heterocycles. The zero-order valence-electron chi connectivity index (χ0n) is 15.1. The lowest BCUT2D eigenvalue weighted by Gasteiger charge is -2.32. The normalized spacial score (nSPS) is 18.3. The smallest absolute Gasteiger partial charge is 0.309 e. The van der Waals surface area contributed by atoms with E-state index in [-0.39, 0.29) is 23.7 Å². The Hall–Kier alpha value is -3.09. The largest absolute Gasteiger partial charge is 0.466 e. The van der Waals surface area contributed by atoms with Crippen LogP contribution < -0.4 is 5.32 Å². The van der Waals surface area contributed by atoms with E-state index in [4.69, 9.17) is 4.74 Å². The molecule has 1 aromatic heterocycles. The maximum absolute atomic E-state index is 12.5. The summed E-state index contributed by atoms with van der Waals surface area (Å²) in [6.45, 7) is 3.22. The Balaban J connectivity index is 1.66. The molecule has 140 valence electrons. The average molecular weight is 367 g/mol. The highest BCUT2D eigenvalue weighted by Gasteiger charge is 2.38. The van der Waals surface area contributed by atoms with Crippen molar-refractivity contribution in [2.45, 2.75) is 19.8 Å². The molecule has 1 aromatic carbocycles. The number of benzene rings is 1. The summed E-state index contributed by atoms with van der Waals surface area (Å²) in [7, 11) is 0. The molecule has 0 spiro atoms. The molecule has 3 heterocycles. The number of hydrogen-bond donors (Lipinski definition) is 2. The lowest BCUT2D eigenvalue weighted by molar-refractivity contribution is -0.149. The first-order chi connectivity index (χ1) is 13.1. The number of esters is 1. The van der Waals surface area contributed by atoms with Gasteiger partial charge < -0.3 is 14.6 Å². The summed E-state index contributed by atoms with van der Waals surface area (Å²) in [5, 5.41) is 3.32. The number of fused-ring (bicyclic) bond motifs is 1. The van der Waals surface area contributed by atoms with Crippen LogP contribution in [0.1, 0.15) is 25.3 Å². The number of ether oxygens (including phenoxy) is 1. The molecule has 27 heavy (non-hydrogen) atoms. The number of aromatic nitrogens is 1. The predicted molar refractivity (Wildman–Crippen MR) is 99.3 cm³/mol. The monoisotopic (exact) mass is 367 g/mol. The maximum atomic E-state index is 12.5. The Morgan fingerprint density at radius 1 is 1.19 bits per heavy atom. The molecule has 0 radical (unpaired) electrons. The van der Waals surface area contributed by atoms with Gasteiger partial charge in [-0.25, -0.2) is 0 Å². The molecule has 0 unspecified atom stereocenters. The molecule has 2 aromatic rings. The zero-order valence-corrected chi connectivity index (χ0v) is 15.1. The first-order valence-electron chi connectivity index (χ1n) is 9.18. The first kappa shape index (κ1) is 17.3. The van der Waals surface area contributed by atoms with Crippen LogP contribution in [-0.4, -0.2) is 47.4 Å². The summed E-state index contributed by atoms with van der Waals surface area (Å²) in [6.07, 6.45) is 2.97. The molecule has 0 atom stereocenters. The van der Waals surface area contributed by atoms with E-state index in [2.05, 4.69) is 10.3 Å². The highest BCUT2D eigenvalue weighted by molar-refractivity contribution is 6.37. The number of aromatic amines is 1. The van der Waals surface area contributed by atoms with Crippen molar-refractivity contribution in [3.63, 3.8) is 0 Å². The molecule has 0 saturated carbocycles. The van der Waals surface area contributed by atoms with Crippen molar-refractivity contribution in [2.75, 3.05) is 19.7 Å². The number of piperidine rings is 1. The molecule has 2 aliphatic rings. The minimum atomic E-state index is -0.382. The molecule has 2 N–H and O–H groups in total. The number of nitrogens with zero attached hydrogens (tertiary/aromatic N) is 1. The number of carbonyl (C=O) groups excluding carboxylic acids is 3. The van der Waals surface area contributed by atoms with Crippen molar-refractivity contribution < 1.29 is 19.1 Å². The predicted octanol–water partition coefficient (Wildman–Crippen LogP) is 1.81. The third kappa shape index (κ3) is 2.99. The van der Waals surface area contributed by atoms with Crippen LogP contribution in [0.5, 0.6) is 0 Å². The van der Waals surface area contributed by atoms with Crippen molar-refractivity contribution in [3.05, 3.63) is 41.7 Å². The fourth-order valence-electron chi connectivity index (χ4n) is 3.87. The number of likely N-dealkylation sites (tertiary alicyclic amines) is 1. The molecule has 1 saturated heterocycles. The quantitative estimate of drug-likeness (QED) is 0.635. The SMILES string of the molecule is CCOC(=O)C1CCN(C2=C(c3c[nH]c4ccccc34)C(=O)NC2=O)CC1. The van der Waals surface area contributed by atoms with E-state index in [1.807, 2.05) is 29.2 Å². The molecule has 4 rings (SSSR count). The van der Waals surface area contributed by atoms with Crippen molar-refractivity contribution in [2.24, 2.45) is 5.92 Å². The second-order valence-corrected chi connectivity index (χ2v) is 6.77. The third-order valence-electron chi connectivity index (χ3n) is 5.20. The Morgan fingerprint density at radius 3 is 2.67 bits per heavy atom. The minimum absolute atomic E-state index is 0.154. The van der Waals surface area contributed by atoms with Gasteiger partial charge in [0, 0.05) is 35.8 Å². The van der Waals surface area contributed by atoms with Crippen LogP contribution in [-0.2, 0) is 19.1 Å². The fraction of sp³-hybridized carbons (Fsp3) is 0.350. The number of para-hydroxylation sites is 1. The zero-order chi connectivity index (χ0) is 19.0. The highest BCUT2D eigenvalue weighted by Crippen LogP contribution is 2.33. The maximum Gasteiger partial charge on any atom is 0.309 e. The van der Waals surface area contributed by atoms with Crippen LogP contribution in [0.25, 0.3) is 16.5 Å². The van der Waals surface area contributed by atoms with E-state index in [9.17, 15) is 14.4 Å². The van der Waals surface area contributed by atoms with Gasteiger partial charge >= 0.3 is 5.97 Å². The summed E-state index contributed by atoms with van der Waals surface area (Å²) in [6, 6.07) is 7.67. The van der Waals surface area contributed by atoms with Gasteiger partial charge in [-0.05, 0) is 25.8 Å². The summed E-state index contributed by atoms with van der Waals surface area (Å²) in [5.74, 6) is -1.10. The van der Waals surface area contributed by atoms with Crippen molar-refractivity contribution in [3.8, 4) is 0 Å². The topological polar surface area (TPSA) is 91.5 Å². The van der Waals surface area contributed by atoms with Gasteiger partial charge in [-0.3, -0.25) is 19.7 Å². The average Bonchev–Trinajstić information content (AvgIpc) is 3.22. The van der Waals surface area contributed by atoms with Crippen LogP contribution in [0.4, 0.5) is 0 Å². The molecule has 1 fully saturated rings. The molecule has 0 bridgehead atoms. The Kier molecular flexibility index (Phi) is 4.43. The fourth-order valence-corrected chi connectivity index (χ4v) is 3.87. The lowest BCUT2D eigenvalue weighted by atomic mass is 9.95. The second kappa shape index (κ2) is 6.90. The number of imide groups is 1. The second-order valence-electron chi connectivity index (χ2n) is 6.77. The van der Waals surface area contributed by atoms with E-state index in [1.165, 1.54) is 0 Å². The number of rotatable bonds is 4. The Bertz CT molecular complexity index is 951. The van der Waals surface area contributed by atoms with Crippen molar-refractivity contribution in [1.82, 2.24) is 15.2 Å². The van der Waals surface area contributed by atoms with Crippen molar-refractivity contribution in [1.29, 1.82) is 0 Å². The van der Waals surface area contributed by atoms with Gasteiger partial charge in [0.1, 0.15) is 5.70 Å². The molecule has 0 aliphatic carbocycles. The van der Waals surface area contributed by atoms with Gasteiger partial charge in [0.25, 0.3) is 11.8 Å². The van der Waals surface area contributed by atoms with Crippen LogP contribution in [0.2, 0.25) is 0 Å². The van der Waals surface area contributed by atoms with Gasteiger partial charge in [-0.2, -0.15) is 0 Å². The van der Waals surface area contributed by atoms with E-state index in [0.717, 1.165) is 16.5 Å². The highest BCUT2D eigenvalue weighted by atomic mass is 16.5. The Labute approximate surface area is 156 Å². The summed E-state index contributed by atoms with van der Waals surface area (Å²) < 4.78 is 5.10. The van der Waals surface area contributed by atoms with Crippen LogP contribution >= 0.6 is 0 Å². The standard InChI is InChI=1S/C20H21N3O4/c1-2-27-20(26)12-7-9-23(10-8-12)17-16(18(24)22-19(17)25)14-11-21-15-6-4-3-5-13(14)15/h3-6,11-12,21H,2,7-10H2,1H3,(H,22,24,25). The van der Waals surface area contributed by atoms with Gasteiger partial charge in [0.15, 0.2) is 0 Å². The van der Waals surface area contributed by atoms with Crippen LogP contribution in [0.3, 0.4) is 0 Å². The van der Waals surface area contributed by atoms with Gasteiger partial charge in [0.05, 0.1) is 18.1 Å². The summed E-state index contributed by atoms with van der Waals surface area (Å²) >= 11 is 0. The first-order valence-corrected chi connectivity index (χ1v) is 9.18. The molecule has 7 nitrogen and oxygen atoms in total. The van der Waals surface area contributed by atoms with Crippen LogP contribution in [0, 0.1) is 5.92 Å². The molecular weight excluding hydrogens is 346 g/mol. The number of amides is 2. The summed E-state index contributed by atoms with van der Waals surface area (Å²) in [4.78, 5) is 42.1. The van der Waals surface area contributed by atoms with Crippen LogP contribution in [0.15, 0.2) is 36.2 Å². The number of hydrogen-bond acceptors (Lipinski definition) is 5. The van der Waals surface area contributed by atoms with Gasteiger partial charge in [0.2, 0.25) is 0 Å². The number of H-pyrrole nitrogens is 1. The van der Waals surface area contributed by atoms with E-state index >= 15 is 0 Å². The number of nitrogens with one attached hydrogen (secondary N) is 2. The van der Waals surface area contributed by atoms with Gasteiger partial charge in [-0.1, -0.05) is 18.2 Å².